The van der Waals surface area contributed by atoms with Crippen LogP contribution in [0.5, 0.6) is 11.5 Å². The fraction of sp³-hybridized carbons (Fsp3) is 0.600. The molecule has 1 aliphatic heterocycles. The van der Waals surface area contributed by atoms with Crippen LogP contribution < -0.4 is 15.2 Å². The zero-order valence-corrected chi connectivity index (χ0v) is 12.5. The van der Waals surface area contributed by atoms with E-state index in [4.69, 9.17) is 19.9 Å². The molecule has 1 atom stereocenters. The van der Waals surface area contributed by atoms with E-state index in [-0.39, 0.29) is 12.1 Å². The van der Waals surface area contributed by atoms with Crippen molar-refractivity contribution in [1.29, 1.82) is 0 Å². The van der Waals surface area contributed by atoms with Gasteiger partial charge in [0.25, 0.3) is 0 Å². The van der Waals surface area contributed by atoms with Gasteiger partial charge in [0, 0.05) is 19.1 Å². The Labute approximate surface area is 120 Å². The Morgan fingerprint density at radius 3 is 2.75 bits per heavy atom. The van der Waals surface area contributed by atoms with Gasteiger partial charge >= 0.3 is 0 Å². The van der Waals surface area contributed by atoms with Crippen LogP contribution in [0.4, 0.5) is 0 Å². The van der Waals surface area contributed by atoms with E-state index >= 15 is 0 Å². The molecule has 0 spiro atoms. The minimum absolute atomic E-state index is 0.153. The van der Waals surface area contributed by atoms with Gasteiger partial charge in [0.15, 0.2) is 11.5 Å². The normalized spacial score (nSPS) is 15.1. The highest BCUT2D eigenvalue weighted by Crippen LogP contribution is 2.34. The number of nitrogens with zero attached hydrogens (tertiary/aromatic N) is 1. The molecule has 0 bridgehead atoms. The number of benzene rings is 1. The molecule has 5 heteroatoms. The van der Waals surface area contributed by atoms with Crippen molar-refractivity contribution in [2.24, 2.45) is 5.73 Å². The Hall–Kier alpha value is -1.30. The second-order valence-corrected chi connectivity index (χ2v) is 5.26. The maximum Gasteiger partial charge on any atom is 0.231 e. The Morgan fingerprint density at radius 2 is 2.05 bits per heavy atom. The lowest BCUT2D eigenvalue weighted by molar-refractivity contribution is 0.0564. The van der Waals surface area contributed by atoms with Crippen LogP contribution in [0.1, 0.15) is 25.5 Å². The summed E-state index contributed by atoms with van der Waals surface area (Å²) in [5, 5.41) is 0. The van der Waals surface area contributed by atoms with E-state index in [2.05, 4.69) is 11.9 Å². The maximum absolute atomic E-state index is 5.93. The van der Waals surface area contributed by atoms with E-state index in [9.17, 15) is 0 Å². The highest BCUT2D eigenvalue weighted by atomic mass is 16.7. The maximum atomic E-state index is 5.93. The van der Waals surface area contributed by atoms with Crippen molar-refractivity contribution in [3.05, 3.63) is 23.8 Å². The van der Waals surface area contributed by atoms with Crippen LogP contribution in [0.15, 0.2) is 18.2 Å². The number of likely N-dealkylation sites (N-methyl/N-ethyl adjacent to an activating group) is 1. The number of hydrogen-bond acceptors (Lipinski definition) is 5. The topological polar surface area (TPSA) is 57.0 Å². The zero-order valence-electron chi connectivity index (χ0n) is 12.5. The summed E-state index contributed by atoms with van der Waals surface area (Å²) in [4.78, 5) is 2.21. The van der Waals surface area contributed by atoms with Gasteiger partial charge in [-0.15, -0.1) is 0 Å². The van der Waals surface area contributed by atoms with Crippen molar-refractivity contribution >= 4 is 0 Å². The van der Waals surface area contributed by atoms with Gasteiger partial charge in [-0.05, 0) is 38.6 Å². The van der Waals surface area contributed by atoms with Crippen LogP contribution in [0.2, 0.25) is 0 Å². The molecular formula is C15H24N2O3. The van der Waals surface area contributed by atoms with Gasteiger partial charge in [-0.25, -0.2) is 0 Å². The average Bonchev–Trinajstić information content (AvgIpc) is 2.86. The molecule has 0 aliphatic carbocycles. The highest BCUT2D eigenvalue weighted by Gasteiger charge is 2.20. The molecule has 0 radical (unpaired) electrons. The smallest absolute Gasteiger partial charge is 0.231 e. The standard InChI is InChI=1S/C15H24N2O3/c1-11(2)18-7-6-17(3)13(9-16)12-4-5-14-15(8-12)20-10-19-14/h4-5,8,11,13H,6-7,9-10,16H2,1-3H3. The minimum atomic E-state index is 0.153. The van der Waals surface area contributed by atoms with E-state index in [0.717, 1.165) is 23.6 Å². The molecule has 20 heavy (non-hydrogen) atoms. The SMILES string of the molecule is CC(C)OCCN(C)C(CN)c1ccc2c(c1)OCO2. The first kappa shape index (κ1) is 15.1. The van der Waals surface area contributed by atoms with Crippen molar-refractivity contribution in [3.63, 3.8) is 0 Å². The molecular weight excluding hydrogens is 256 g/mol. The molecule has 1 aromatic carbocycles. The fourth-order valence-electron chi connectivity index (χ4n) is 2.28. The van der Waals surface area contributed by atoms with Gasteiger partial charge in [0.1, 0.15) is 0 Å². The highest BCUT2D eigenvalue weighted by molar-refractivity contribution is 5.45. The third-order valence-electron chi connectivity index (χ3n) is 3.43. The molecule has 1 aliphatic rings. The van der Waals surface area contributed by atoms with Crippen LogP contribution in [0.25, 0.3) is 0 Å². The van der Waals surface area contributed by atoms with Crippen molar-refractivity contribution in [2.45, 2.75) is 26.0 Å². The van der Waals surface area contributed by atoms with Gasteiger partial charge in [-0.3, -0.25) is 4.90 Å². The summed E-state index contributed by atoms with van der Waals surface area (Å²) in [7, 11) is 2.06. The summed E-state index contributed by atoms with van der Waals surface area (Å²) in [6.07, 6.45) is 0.255. The third-order valence-corrected chi connectivity index (χ3v) is 3.43. The third kappa shape index (κ3) is 3.62. The Kier molecular flexibility index (Phi) is 5.23. The van der Waals surface area contributed by atoms with Crippen molar-refractivity contribution in [3.8, 4) is 11.5 Å². The van der Waals surface area contributed by atoms with Crippen LogP contribution in [0.3, 0.4) is 0 Å². The summed E-state index contributed by atoms with van der Waals surface area (Å²) in [5.74, 6) is 1.60. The van der Waals surface area contributed by atoms with E-state index in [0.29, 0.717) is 19.9 Å². The predicted octanol–water partition coefficient (Wildman–Crippen LogP) is 1.77. The number of rotatable bonds is 7. The van der Waals surface area contributed by atoms with E-state index in [1.54, 1.807) is 0 Å². The summed E-state index contributed by atoms with van der Waals surface area (Å²) in [5.41, 5.74) is 7.07. The quantitative estimate of drug-likeness (QED) is 0.825. The lowest BCUT2D eigenvalue weighted by Crippen LogP contribution is -2.33. The Bertz CT molecular complexity index is 437. The van der Waals surface area contributed by atoms with Crippen molar-refractivity contribution < 1.29 is 14.2 Å². The Morgan fingerprint density at radius 1 is 1.30 bits per heavy atom. The molecule has 2 N–H and O–H groups in total. The molecule has 0 amide bonds. The van der Waals surface area contributed by atoms with E-state index in [1.807, 2.05) is 32.0 Å². The fourth-order valence-corrected chi connectivity index (χ4v) is 2.28. The molecule has 0 saturated carbocycles. The van der Waals surface area contributed by atoms with Crippen LogP contribution >= 0.6 is 0 Å². The van der Waals surface area contributed by atoms with E-state index < -0.39 is 0 Å². The Balaban J connectivity index is 2.00. The molecule has 2 rings (SSSR count). The van der Waals surface area contributed by atoms with Gasteiger partial charge in [0.05, 0.1) is 12.7 Å². The summed E-state index contributed by atoms with van der Waals surface area (Å²) in [6.45, 7) is 6.47. The predicted molar refractivity (Wildman–Crippen MR) is 78.1 cm³/mol. The van der Waals surface area contributed by atoms with E-state index in [1.165, 1.54) is 0 Å². The molecule has 0 aromatic heterocycles. The second-order valence-electron chi connectivity index (χ2n) is 5.26. The molecule has 1 heterocycles. The van der Waals surface area contributed by atoms with Gasteiger partial charge in [-0.2, -0.15) is 0 Å². The average molecular weight is 280 g/mol. The van der Waals surface area contributed by atoms with Crippen LogP contribution in [-0.4, -0.2) is 44.5 Å². The number of nitrogens with two attached hydrogens (primary N) is 1. The molecule has 112 valence electrons. The zero-order chi connectivity index (χ0) is 14.5. The van der Waals surface area contributed by atoms with Crippen molar-refractivity contribution in [1.82, 2.24) is 4.90 Å². The first-order valence-corrected chi connectivity index (χ1v) is 7.03. The van der Waals surface area contributed by atoms with Gasteiger partial charge in [0.2, 0.25) is 6.79 Å². The van der Waals surface area contributed by atoms with Crippen LogP contribution in [0, 0.1) is 0 Å². The number of fused-ring (bicyclic) bond motifs is 1. The van der Waals surface area contributed by atoms with Gasteiger partial charge in [-0.1, -0.05) is 6.07 Å². The molecule has 1 aromatic rings. The lowest BCUT2D eigenvalue weighted by atomic mass is 10.1. The largest absolute Gasteiger partial charge is 0.454 e. The van der Waals surface area contributed by atoms with Crippen LogP contribution in [-0.2, 0) is 4.74 Å². The lowest BCUT2D eigenvalue weighted by Gasteiger charge is -2.27. The summed E-state index contributed by atoms with van der Waals surface area (Å²) >= 11 is 0. The van der Waals surface area contributed by atoms with Crippen molar-refractivity contribution in [2.75, 3.05) is 33.5 Å². The molecule has 0 fully saturated rings. The first-order chi connectivity index (χ1) is 9.61. The second kappa shape index (κ2) is 6.92. The number of hydrogen-bond donors (Lipinski definition) is 1. The first-order valence-electron chi connectivity index (χ1n) is 7.03. The monoisotopic (exact) mass is 280 g/mol. The minimum Gasteiger partial charge on any atom is -0.454 e. The van der Waals surface area contributed by atoms with Gasteiger partial charge < -0.3 is 19.9 Å². The summed E-state index contributed by atoms with van der Waals surface area (Å²) in [6, 6.07) is 6.16. The summed E-state index contributed by atoms with van der Waals surface area (Å²) < 4.78 is 16.3. The molecule has 5 nitrogen and oxygen atoms in total. The molecule has 1 unspecified atom stereocenters. The number of ether oxygens (including phenoxy) is 3. The molecule has 0 saturated heterocycles.